The second kappa shape index (κ2) is 8.31. The van der Waals surface area contributed by atoms with Crippen LogP contribution in [0.4, 0.5) is 0 Å². The Bertz CT molecular complexity index is 468. The molecule has 2 rings (SSSR count). The van der Waals surface area contributed by atoms with Gasteiger partial charge in [-0.25, -0.2) is 4.98 Å². The molecule has 0 spiro atoms. The van der Waals surface area contributed by atoms with Gasteiger partial charge >= 0.3 is 0 Å². The van der Waals surface area contributed by atoms with Gasteiger partial charge in [-0.2, -0.15) is 0 Å². The molecule has 1 aromatic heterocycles. The van der Waals surface area contributed by atoms with Gasteiger partial charge in [0.05, 0.1) is 30.5 Å². The Morgan fingerprint density at radius 2 is 2.10 bits per heavy atom. The van der Waals surface area contributed by atoms with Gasteiger partial charge in [-0.15, -0.1) is 11.3 Å². The molecule has 0 aliphatic carbocycles. The number of hydrogen-bond acceptors (Lipinski definition) is 5. The average Bonchev–Trinajstić information content (AvgIpc) is 2.81. The molecule has 2 heterocycles. The van der Waals surface area contributed by atoms with Crippen LogP contribution < -0.4 is 10.6 Å². The lowest BCUT2D eigenvalue weighted by molar-refractivity contribution is 0.0389. The largest absolute Gasteiger partial charge is 0.379 e. The molecule has 118 valence electrons. The fraction of sp³-hybridized carbons (Fsp3) is 0.714. The van der Waals surface area contributed by atoms with Crippen molar-refractivity contribution in [2.75, 3.05) is 46.4 Å². The van der Waals surface area contributed by atoms with Gasteiger partial charge < -0.3 is 15.4 Å². The molecule has 0 saturated carbocycles. The molecule has 7 heteroatoms. The van der Waals surface area contributed by atoms with Crippen LogP contribution in [0.15, 0.2) is 4.99 Å². The van der Waals surface area contributed by atoms with E-state index in [-0.39, 0.29) is 0 Å². The normalized spacial score (nSPS) is 17.0. The Hall–Kier alpha value is -1.18. The molecular formula is C14H25N5OS. The minimum absolute atomic E-state index is 0.772. The van der Waals surface area contributed by atoms with E-state index in [0.717, 1.165) is 62.6 Å². The number of guanidine groups is 1. The SMILES string of the molecule is CN=C(NCCN1CCOCC1)NCc1sc(C)nc1C. The number of hydrogen-bond donors (Lipinski definition) is 2. The van der Waals surface area contributed by atoms with Gasteiger partial charge in [-0.3, -0.25) is 9.89 Å². The molecule has 1 aliphatic rings. The summed E-state index contributed by atoms with van der Waals surface area (Å²) < 4.78 is 5.35. The molecule has 0 aromatic carbocycles. The molecule has 1 fully saturated rings. The second-order valence-electron chi connectivity index (χ2n) is 5.05. The number of aromatic nitrogens is 1. The minimum atomic E-state index is 0.772. The summed E-state index contributed by atoms with van der Waals surface area (Å²) in [6, 6.07) is 0. The minimum Gasteiger partial charge on any atom is -0.379 e. The highest BCUT2D eigenvalue weighted by Crippen LogP contribution is 2.16. The molecule has 0 unspecified atom stereocenters. The first kappa shape index (κ1) is 16.2. The number of aryl methyl sites for hydroxylation is 2. The number of nitrogens with zero attached hydrogens (tertiary/aromatic N) is 3. The maximum absolute atomic E-state index is 5.35. The lowest BCUT2D eigenvalue weighted by Crippen LogP contribution is -2.44. The lowest BCUT2D eigenvalue weighted by atomic mass is 10.4. The smallest absolute Gasteiger partial charge is 0.191 e. The van der Waals surface area contributed by atoms with Crippen LogP contribution >= 0.6 is 11.3 Å². The van der Waals surface area contributed by atoms with Gasteiger partial charge in [0.25, 0.3) is 0 Å². The van der Waals surface area contributed by atoms with Crippen molar-refractivity contribution in [1.82, 2.24) is 20.5 Å². The van der Waals surface area contributed by atoms with Gasteiger partial charge in [0.15, 0.2) is 5.96 Å². The van der Waals surface area contributed by atoms with Crippen LogP contribution in [-0.4, -0.2) is 62.3 Å². The van der Waals surface area contributed by atoms with Crippen LogP contribution in [-0.2, 0) is 11.3 Å². The summed E-state index contributed by atoms with van der Waals surface area (Å²) in [5.41, 5.74) is 1.11. The van der Waals surface area contributed by atoms with Crippen LogP contribution in [0.2, 0.25) is 0 Å². The van der Waals surface area contributed by atoms with Crippen molar-refractivity contribution in [1.29, 1.82) is 0 Å². The van der Waals surface area contributed by atoms with E-state index in [1.807, 2.05) is 6.92 Å². The van der Waals surface area contributed by atoms with Gasteiger partial charge in [-0.1, -0.05) is 0 Å². The van der Waals surface area contributed by atoms with Crippen LogP contribution in [0.25, 0.3) is 0 Å². The van der Waals surface area contributed by atoms with E-state index in [0.29, 0.717) is 0 Å². The van der Waals surface area contributed by atoms with Gasteiger partial charge in [0, 0.05) is 38.1 Å². The molecule has 6 nitrogen and oxygen atoms in total. The number of morpholine rings is 1. The van der Waals surface area contributed by atoms with E-state index in [9.17, 15) is 0 Å². The third-order valence-corrected chi connectivity index (χ3v) is 4.54. The predicted molar refractivity (Wildman–Crippen MR) is 87.0 cm³/mol. The number of rotatable bonds is 5. The highest BCUT2D eigenvalue weighted by molar-refractivity contribution is 7.11. The van der Waals surface area contributed by atoms with Crippen LogP contribution in [0.5, 0.6) is 0 Å². The zero-order chi connectivity index (χ0) is 15.1. The first-order valence-electron chi connectivity index (χ1n) is 7.36. The molecule has 0 radical (unpaired) electrons. The predicted octanol–water partition coefficient (Wildman–Crippen LogP) is 0.757. The van der Waals surface area contributed by atoms with Crippen LogP contribution in [0.1, 0.15) is 15.6 Å². The highest BCUT2D eigenvalue weighted by atomic mass is 32.1. The maximum Gasteiger partial charge on any atom is 0.191 e. The van der Waals surface area contributed by atoms with Crippen molar-refractivity contribution in [2.45, 2.75) is 20.4 Å². The number of nitrogens with one attached hydrogen (secondary N) is 2. The number of ether oxygens (including phenoxy) is 1. The van der Waals surface area contributed by atoms with Crippen molar-refractivity contribution < 1.29 is 4.74 Å². The molecule has 21 heavy (non-hydrogen) atoms. The first-order chi connectivity index (χ1) is 10.2. The quantitative estimate of drug-likeness (QED) is 0.621. The Labute approximate surface area is 130 Å². The third kappa shape index (κ3) is 5.26. The Kier molecular flexibility index (Phi) is 6.41. The van der Waals surface area contributed by atoms with Crippen molar-refractivity contribution in [3.05, 3.63) is 15.6 Å². The zero-order valence-electron chi connectivity index (χ0n) is 13.1. The summed E-state index contributed by atoms with van der Waals surface area (Å²) in [5.74, 6) is 0.841. The third-order valence-electron chi connectivity index (χ3n) is 3.46. The molecular weight excluding hydrogens is 286 g/mol. The van der Waals surface area contributed by atoms with E-state index in [1.54, 1.807) is 18.4 Å². The standard InChI is InChI=1S/C14H25N5OS/c1-11-13(21-12(2)18-11)10-17-14(15-3)16-4-5-19-6-8-20-9-7-19/h4-10H2,1-3H3,(H2,15,16,17). The Morgan fingerprint density at radius 3 is 2.71 bits per heavy atom. The molecule has 1 saturated heterocycles. The topological polar surface area (TPSA) is 61.8 Å². The van der Waals surface area contributed by atoms with E-state index in [4.69, 9.17) is 4.74 Å². The average molecular weight is 311 g/mol. The van der Waals surface area contributed by atoms with E-state index < -0.39 is 0 Å². The van der Waals surface area contributed by atoms with E-state index >= 15 is 0 Å². The molecule has 0 atom stereocenters. The summed E-state index contributed by atoms with van der Waals surface area (Å²) in [4.78, 5) is 12.4. The van der Waals surface area contributed by atoms with Crippen LogP contribution in [0, 0.1) is 13.8 Å². The highest BCUT2D eigenvalue weighted by Gasteiger charge is 2.10. The molecule has 1 aliphatic heterocycles. The number of aliphatic imine (C=N–C) groups is 1. The molecule has 0 bridgehead atoms. The van der Waals surface area contributed by atoms with Crippen molar-refractivity contribution in [3.8, 4) is 0 Å². The van der Waals surface area contributed by atoms with Crippen LogP contribution in [0.3, 0.4) is 0 Å². The summed E-state index contributed by atoms with van der Waals surface area (Å²) >= 11 is 1.73. The van der Waals surface area contributed by atoms with Crippen molar-refractivity contribution in [3.63, 3.8) is 0 Å². The van der Waals surface area contributed by atoms with Gasteiger partial charge in [-0.05, 0) is 13.8 Å². The Balaban J connectivity index is 1.69. The summed E-state index contributed by atoms with van der Waals surface area (Å²) in [5, 5.41) is 7.81. The van der Waals surface area contributed by atoms with E-state index in [2.05, 4.69) is 32.4 Å². The fourth-order valence-electron chi connectivity index (χ4n) is 2.28. The lowest BCUT2D eigenvalue weighted by Gasteiger charge is -2.26. The fourth-order valence-corrected chi connectivity index (χ4v) is 3.16. The molecule has 0 amide bonds. The van der Waals surface area contributed by atoms with Gasteiger partial charge in [0.2, 0.25) is 0 Å². The maximum atomic E-state index is 5.35. The summed E-state index contributed by atoms with van der Waals surface area (Å²) in [6.07, 6.45) is 0. The zero-order valence-corrected chi connectivity index (χ0v) is 13.9. The van der Waals surface area contributed by atoms with E-state index in [1.165, 1.54) is 4.88 Å². The second-order valence-corrected chi connectivity index (χ2v) is 6.34. The first-order valence-corrected chi connectivity index (χ1v) is 8.18. The number of thiazole rings is 1. The monoisotopic (exact) mass is 311 g/mol. The Morgan fingerprint density at radius 1 is 1.33 bits per heavy atom. The van der Waals surface area contributed by atoms with Gasteiger partial charge in [0.1, 0.15) is 0 Å². The summed E-state index contributed by atoms with van der Waals surface area (Å²) in [6.45, 7) is 10.5. The molecule has 2 N–H and O–H groups in total. The van der Waals surface area contributed by atoms with Crippen molar-refractivity contribution >= 4 is 17.3 Å². The molecule has 1 aromatic rings. The summed E-state index contributed by atoms with van der Waals surface area (Å²) in [7, 11) is 1.80. The van der Waals surface area contributed by atoms with Crippen molar-refractivity contribution in [2.24, 2.45) is 4.99 Å².